The molecule has 0 aliphatic heterocycles. The zero-order valence-electron chi connectivity index (χ0n) is 9.90. The fraction of sp³-hybridized carbons (Fsp3) is 0.167. The highest BCUT2D eigenvalue weighted by Gasteiger charge is 2.07. The number of halogens is 2. The van der Waals surface area contributed by atoms with Crippen LogP contribution in [0.2, 0.25) is 5.02 Å². The number of aromatic nitrogens is 2. The minimum Gasteiger partial charge on any atom is -0.357 e. The first-order chi connectivity index (χ1) is 9.19. The third kappa shape index (κ3) is 4.19. The average Bonchev–Trinajstić information content (AvgIpc) is 2.83. The number of nitrogens with one attached hydrogen (secondary N) is 1. The van der Waals surface area contributed by atoms with E-state index in [1.54, 1.807) is 12.1 Å². The lowest BCUT2D eigenvalue weighted by Gasteiger charge is -2.01. The zero-order valence-corrected chi connectivity index (χ0v) is 12.3. The van der Waals surface area contributed by atoms with Gasteiger partial charge in [-0.15, -0.1) is 16.8 Å². The van der Waals surface area contributed by atoms with Gasteiger partial charge in [-0.2, -0.15) is 0 Å². The van der Waals surface area contributed by atoms with Crippen LogP contribution in [0.5, 0.6) is 0 Å². The van der Waals surface area contributed by atoms with Crippen LogP contribution >= 0.6 is 34.7 Å². The fourth-order valence-electron chi connectivity index (χ4n) is 1.28. The second-order valence-electron chi connectivity index (χ2n) is 3.57. The van der Waals surface area contributed by atoms with Crippen LogP contribution < -0.4 is 5.32 Å². The number of benzene rings is 1. The van der Waals surface area contributed by atoms with Gasteiger partial charge in [0.2, 0.25) is 5.13 Å². The monoisotopic (exact) mass is 315 g/mol. The lowest BCUT2D eigenvalue weighted by Crippen LogP contribution is -1.96. The molecule has 19 heavy (non-hydrogen) atoms. The fourth-order valence-corrected chi connectivity index (χ4v) is 3.35. The molecule has 1 aromatic carbocycles. The largest absolute Gasteiger partial charge is 0.357 e. The van der Waals surface area contributed by atoms with E-state index in [4.69, 9.17) is 11.6 Å². The second kappa shape index (κ2) is 6.88. The molecule has 0 unspecified atom stereocenters. The molecule has 0 aliphatic rings. The molecule has 0 fully saturated rings. The van der Waals surface area contributed by atoms with Crippen molar-refractivity contribution in [2.24, 2.45) is 0 Å². The number of thioether (sulfide) groups is 1. The maximum absolute atomic E-state index is 12.9. The molecule has 0 saturated carbocycles. The second-order valence-corrected chi connectivity index (χ2v) is 6.17. The van der Waals surface area contributed by atoms with E-state index in [9.17, 15) is 4.39 Å². The third-order valence-electron chi connectivity index (χ3n) is 2.17. The topological polar surface area (TPSA) is 37.8 Å². The van der Waals surface area contributed by atoms with E-state index in [2.05, 4.69) is 22.1 Å². The summed E-state index contributed by atoms with van der Waals surface area (Å²) in [5.74, 6) is 0.306. The van der Waals surface area contributed by atoms with E-state index in [1.165, 1.54) is 35.2 Å². The van der Waals surface area contributed by atoms with Gasteiger partial charge in [-0.05, 0) is 17.7 Å². The summed E-state index contributed by atoms with van der Waals surface area (Å²) in [6.45, 7) is 4.27. The predicted octanol–water partition coefficient (Wildman–Crippen LogP) is 4.22. The molecule has 7 heteroatoms. The van der Waals surface area contributed by atoms with Crippen LogP contribution in [0.4, 0.5) is 9.52 Å². The van der Waals surface area contributed by atoms with Gasteiger partial charge in [0.25, 0.3) is 0 Å². The summed E-state index contributed by atoms with van der Waals surface area (Å²) in [4.78, 5) is 0. The average molecular weight is 316 g/mol. The minimum absolute atomic E-state index is 0.328. The van der Waals surface area contributed by atoms with E-state index in [1.807, 2.05) is 0 Å². The normalized spacial score (nSPS) is 10.4. The number of anilines is 1. The number of rotatable bonds is 6. The highest BCUT2D eigenvalue weighted by Crippen LogP contribution is 2.30. The number of hydrogen-bond acceptors (Lipinski definition) is 5. The summed E-state index contributed by atoms with van der Waals surface area (Å²) in [7, 11) is 0. The Morgan fingerprint density at radius 1 is 1.47 bits per heavy atom. The first-order valence-corrected chi connectivity index (χ1v) is 7.62. The van der Waals surface area contributed by atoms with Gasteiger partial charge in [0, 0.05) is 17.3 Å². The van der Waals surface area contributed by atoms with Crippen molar-refractivity contribution in [2.75, 3.05) is 11.9 Å². The van der Waals surface area contributed by atoms with E-state index in [0.717, 1.165) is 15.0 Å². The first-order valence-electron chi connectivity index (χ1n) is 5.44. The SMILES string of the molecule is C=CCNc1nnc(SCc2ccc(F)cc2Cl)s1. The highest BCUT2D eigenvalue weighted by atomic mass is 35.5. The summed E-state index contributed by atoms with van der Waals surface area (Å²) in [6, 6.07) is 4.40. The molecule has 0 spiro atoms. The maximum Gasteiger partial charge on any atom is 0.206 e. The summed E-state index contributed by atoms with van der Waals surface area (Å²) >= 11 is 8.95. The molecule has 0 bridgehead atoms. The van der Waals surface area contributed by atoms with Crippen LogP contribution in [0.25, 0.3) is 0 Å². The molecule has 0 radical (unpaired) electrons. The van der Waals surface area contributed by atoms with Gasteiger partial charge in [-0.1, -0.05) is 46.8 Å². The predicted molar refractivity (Wildman–Crippen MR) is 79.6 cm³/mol. The van der Waals surface area contributed by atoms with Crippen LogP contribution in [0.1, 0.15) is 5.56 Å². The molecular formula is C12H11ClFN3S2. The van der Waals surface area contributed by atoms with E-state index >= 15 is 0 Å². The van der Waals surface area contributed by atoms with Crippen LogP contribution in [0.15, 0.2) is 35.2 Å². The van der Waals surface area contributed by atoms with Gasteiger partial charge in [0.1, 0.15) is 5.82 Å². The van der Waals surface area contributed by atoms with Gasteiger partial charge in [0.15, 0.2) is 4.34 Å². The van der Waals surface area contributed by atoms with Gasteiger partial charge in [-0.3, -0.25) is 0 Å². The Labute approximate surface area is 123 Å². The Balaban J connectivity index is 1.94. The van der Waals surface area contributed by atoms with Crippen molar-refractivity contribution >= 4 is 39.8 Å². The van der Waals surface area contributed by atoms with Crippen molar-refractivity contribution in [1.29, 1.82) is 0 Å². The Morgan fingerprint density at radius 2 is 2.32 bits per heavy atom. The maximum atomic E-state index is 12.9. The molecule has 1 aromatic heterocycles. The molecule has 0 atom stereocenters. The molecule has 0 amide bonds. The summed E-state index contributed by atoms with van der Waals surface area (Å²) in [5.41, 5.74) is 0.879. The quantitative estimate of drug-likeness (QED) is 0.640. The van der Waals surface area contributed by atoms with Crippen molar-refractivity contribution in [3.05, 3.63) is 47.3 Å². The number of nitrogens with zero attached hydrogens (tertiary/aromatic N) is 2. The highest BCUT2D eigenvalue weighted by molar-refractivity contribution is 8.00. The van der Waals surface area contributed by atoms with Crippen LogP contribution in [-0.2, 0) is 5.75 Å². The van der Waals surface area contributed by atoms with Crippen molar-refractivity contribution in [3.8, 4) is 0 Å². The lowest BCUT2D eigenvalue weighted by molar-refractivity contribution is 0.627. The molecule has 1 N–H and O–H groups in total. The summed E-state index contributed by atoms with van der Waals surface area (Å²) in [5, 5.41) is 12.3. The molecule has 2 aromatic rings. The molecule has 3 nitrogen and oxygen atoms in total. The summed E-state index contributed by atoms with van der Waals surface area (Å²) in [6.07, 6.45) is 1.76. The van der Waals surface area contributed by atoms with Crippen LogP contribution in [0.3, 0.4) is 0 Å². The Kier molecular flexibility index (Phi) is 5.18. The zero-order chi connectivity index (χ0) is 13.7. The van der Waals surface area contributed by atoms with Gasteiger partial charge in [-0.25, -0.2) is 4.39 Å². The van der Waals surface area contributed by atoms with Crippen molar-refractivity contribution in [3.63, 3.8) is 0 Å². The van der Waals surface area contributed by atoms with E-state index < -0.39 is 0 Å². The van der Waals surface area contributed by atoms with Gasteiger partial charge < -0.3 is 5.32 Å². The lowest BCUT2D eigenvalue weighted by atomic mass is 10.2. The minimum atomic E-state index is -0.328. The van der Waals surface area contributed by atoms with Crippen molar-refractivity contribution in [1.82, 2.24) is 10.2 Å². The standard InChI is InChI=1S/C12H11ClFN3S2/c1-2-5-15-11-16-17-12(19-11)18-7-8-3-4-9(14)6-10(8)13/h2-4,6H,1,5,7H2,(H,15,16). The first kappa shape index (κ1) is 14.3. The molecule has 0 aliphatic carbocycles. The Morgan fingerprint density at radius 3 is 3.05 bits per heavy atom. The molecule has 2 rings (SSSR count). The van der Waals surface area contributed by atoms with E-state index in [0.29, 0.717) is 17.3 Å². The molecular weight excluding hydrogens is 305 g/mol. The molecule has 0 saturated heterocycles. The van der Waals surface area contributed by atoms with Crippen LogP contribution in [0, 0.1) is 5.82 Å². The molecule has 100 valence electrons. The third-order valence-corrected chi connectivity index (χ3v) is 4.59. The van der Waals surface area contributed by atoms with Gasteiger partial charge in [0.05, 0.1) is 0 Å². The number of hydrogen-bond donors (Lipinski definition) is 1. The smallest absolute Gasteiger partial charge is 0.206 e. The summed E-state index contributed by atoms with van der Waals surface area (Å²) < 4.78 is 13.7. The molecule has 1 heterocycles. The van der Waals surface area contributed by atoms with Crippen molar-refractivity contribution < 1.29 is 4.39 Å². The van der Waals surface area contributed by atoms with Crippen LogP contribution in [-0.4, -0.2) is 16.7 Å². The van der Waals surface area contributed by atoms with Crippen molar-refractivity contribution in [2.45, 2.75) is 10.1 Å². The van der Waals surface area contributed by atoms with E-state index in [-0.39, 0.29) is 5.82 Å². The Hall–Kier alpha value is -1.11. The van der Waals surface area contributed by atoms with Gasteiger partial charge >= 0.3 is 0 Å². The Bertz CT molecular complexity index is 574.